The quantitative estimate of drug-likeness (QED) is 0.0973. The molecule has 0 saturated heterocycles. The number of aliphatic carboxylic acids is 1. The molecular formula is C30H34ClN3O7S. The van der Waals surface area contributed by atoms with Crippen LogP contribution in [-0.4, -0.2) is 70.8 Å². The van der Waals surface area contributed by atoms with Crippen LogP contribution in [0.15, 0.2) is 41.0 Å². The van der Waals surface area contributed by atoms with Crippen LogP contribution in [-0.2, 0) is 20.7 Å². The van der Waals surface area contributed by atoms with Gasteiger partial charge in [0.1, 0.15) is 12.4 Å². The van der Waals surface area contributed by atoms with Gasteiger partial charge in [0.2, 0.25) is 0 Å². The van der Waals surface area contributed by atoms with Crippen molar-refractivity contribution in [3.8, 4) is 5.75 Å². The molecule has 0 amide bonds. The Kier molecular flexibility index (Phi) is 10.6. The monoisotopic (exact) mass is 615 g/mol. The number of ether oxygens (including phenoxy) is 2. The Balaban J connectivity index is 1.51. The van der Waals surface area contributed by atoms with Crippen LogP contribution in [0.1, 0.15) is 59.3 Å². The van der Waals surface area contributed by atoms with Crippen LogP contribution < -0.4 is 4.74 Å². The fourth-order valence-electron chi connectivity index (χ4n) is 5.68. The molecule has 224 valence electrons. The molecule has 1 aliphatic carbocycles. The Labute approximate surface area is 253 Å². The number of aromatic nitrogens is 1. The third kappa shape index (κ3) is 7.50. The highest BCUT2D eigenvalue weighted by Crippen LogP contribution is 2.41. The van der Waals surface area contributed by atoms with Gasteiger partial charge in [-0.1, -0.05) is 30.9 Å². The number of hydrogen-bond acceptors (Lipinski definition) is 9. The number of aryl methyl sites for hydroxylation is 1. The van der Waals surface area contributed by atoms with Gasteiger partial charge in [0.05, 0.1) is 30.4 Å². The lowest BCUT2D eigenvalue weighted by Crippen LogP contribution is -2.45. The summed E-state index contributed by atoms with van der Waals surface area (Å²) in [6.07, 6.45) is 4.43. The first-order chi connectivity index (χ1) is 20.2. The highest BCUT2D eigenvalue weighted by atomic mass is 35.5. The van der Waals surface area contributed by atoms with Gasteiger partial charge in [0, 0.05) is 56.8 Å². The standard InChI is InChI=1S/C30H34ClN3O7S/c1-19-22(27-23(32-19)10-11-24(40-2)28(27)29(38)20-6-8-21(31)9-7-20)16-26(37)41-15-14-34(17-25(35)36)18-30(42-33-39)12-4-3-5-13-30/h6-11,32H,3-5,12-18H2,1-2H3,(H,35,36). The number of rotatable bonds is 14. The summed E-state index contributed by atoms with van der Waals surface area (Å²) in [5.74, 6) is -1.41. The molecule has 42 heavy (non-hydrogen) atoms. The van der Waals surface area contributed by atoms with E-state index in [9.17, 15) is 24.4 Å². The average molecular weight is 616 g/mol. The van der Waals surface area contributed by atoms with Crippen molar-refractivity contribution < 1.29 is 29.0 Å². The van der Waals surface area contributed by atoms with Crippen LogP contribution >= 0.6 is 23.5 Å². The smallest absolute Gasteiger partial charge is 0.317 e. The molecule has 1 saturated carbocycles. The Morgan fingerprint density at radius 1 is 1.12 bits per heavy atom. The minimum atomic E-state index is -1.00. The number of halogens is 1. The number of carboxylic acid groups (broad SMARTS) is 1. The summed E-state index contributed by atoms with van der Waals surface area (Å²) in [4.78, 5) is 54.3. The number of hydrogen-bond donors (Lipinski definition) is 2. The van der Waals surface area contributed by atoms with Crippen molar-refractivity contribution in [2.75, 3.05) is 33.4 Å². The van der Waals surface area contributed by atoms with Gasteiger partial charge in [-0.05, 0) is 61.7 Å². The number of nitrogens with zero attached hydrogens (tertiary/aromatic N) is 2. The van der Waals surface area contributed by atoms with Crippen LogP contribution in [0, 0.1) is 11.8 Å². The maximum atomic E-state index is 13.6. The topological polar surface area (TPSA) is 138 Å². The largest absolute Gasteiger partial charge is 0.496 e. The van der Waals surface area contributed by atoms with Crippen molar-refractivity contribution in [1.82, 2.24) is 9.88 Å². The van der Waals surface area contributed by atoms with Crippen molar-refractivity contribution in [3.05, 3.63) is 68.7 Å². The van der Waals surface area contributed by atoms with E-state index in [0.29, 0.717) is 50.6 Å². The Bertz CT molecular complexity index is 1450. The first kappa shape index (κ1) is 31.5. The third-order valence-electron chi connectivity index (χ3n) is 7.66. The highest BCUT2D eigenvalue weighted by Gasteiger charge is 2.36. The maximum absolute atomic E-state index is 13.6. The second kappa shape index (κ2) is 14.2. The Morgan fingerprint density at radius 2 is 1.83 bits per heavy atom. The van der Waals surface area contributed by atoms with E-state index in [2.05, 4.69) is 9.57 Å². The average Bonchev–Trinajstić information content (AvgIpc) is 3.27. The second-order valence-electron chi connectivity index (χ2n) is 10.5. The summed E-state index contributed by atoms with van der Waals surface area (Å²) in [5, 5.41) is 10.5. The SMILES string of the molecule is COc1ccc2[nH]c(C)c(CC(=O)OCCN(CC(=O)O)CC3(SN=O)CCCCC3)c2c1C(=O)c1ccc(Cl)cc1. The highest BCUT2D eigenvalue weighted by molar-refractivity contribution is 7.99. The minimum Gasteiger partial charge on any atom is -0.496 e. The Morgan fingerprint density at radius 3 is 2.48 bits per heavy atom. The molecule has 2 N–H and O–H groups in total. The van der Waals surface area contributed by atoms with E-state index in [1.165, 1.54) is 7.11 Å². The van der Waals surface area contributed by atoms with E-state index >= 15 is 0 Å². The molecule has 10 nitrogen and oxygen atoms in total. The summed E-state index contributed by atoms with van der Waals surface area (Å²) in [5.41, 5.74) is 2.76. The zero-order valence-corrected chi connectivity index (χ0v) is 25.2. The molecule has 0 radical (unpaired) electrons. The molecular weight excluding hydrogens is 582 g/mol. The number of methoxy groups -OCH3 is 1. The van der Waals surface area contributed by atoms with Crippen LogP contribution in [0.4, 0.5) is 0 Å². The normalized spacial score (nSPS) is 14.6. The second-order valence-corrected chi connectivity index (χ2v) is 12.2. The number of ketones is 1. The molecule has 4 rings (SSSR count). The molecule has 1 aliphatic rings. The van der Waals surface area contributed by atoms with Crippen molar-refractivity contribution >= 4 is 52.2 Å². The van der Waals surface area contributed by atoms with Crippen molar-refractivity contribution in [2.45, 2.75) is 50.2 Å². The molecule has 0 aliphatic heterocycles. The number of carbonyl (C=O) groups is 3. The lowest BCUT2D eigenvalue weighted by Gasteiger charge is -2.37. The van der Waals surface area contributed by atoms with Crippen molar-refractivity contribution in [1.29, 1.82) is 0 Å². The van der Waals surface area contributed by atoms with Crippen LogP contribution in [0.5, 0.6) is 5.75 Å². The van der Waals surface area contributed by atoms with Crippen LogP contribution in [0.25, 0.3) is 10.9 Å². The molecule has 0 unspecified atom stereocenters. The van der Waals surface area contributed by atoms with Gasteiger partial charge in [0.15, 0.2) is 5.78 Å². The van der Waals surface area contributed by atoms with E-state index in [4.69, 9.17) is 21.1 Å². The van der Waals surface area contributed by atoms with E-state index in [0.717, 1.165) is 44.1 Å². The number of fused-ring (bicyclic) bond motifs is 1. The van der Waals surface area contributed by atoms with Gasteiger partial charge >= 0.3 is 11.9 Å². The van der Waals surface area contributed by atoms with E-state index in [1.807, 2.05) is 6.92 Å². The minimum absolute atomic E-state index is 0.0251. The third-order valence-corrected chi connectivity index (χ3v) is 8.91. The van der Waals surface area contributed by atoms with Gasteiger partial charge in [-0.3, -0.25) is 19.3 Å². The van der Waals surface area contributed by atoms with E-state index < -0.39 is 16.7 Å². The van der Waals surface area contributed by atoms with Gasteiger partial charge in [-0.2, -0.15) is 0 Å². The number of esters is 1. The molecule has 0 bridgehead atoms. The van der Waals surface area contributed by atoms with E-state index in [1.54, 1.807) is 41.3 Å². The van der Waals surface area contributed by atoms with Crippen LogP contribution in [0.3, 0.4) is 0 Å². The fourth-order valence-corrected chi connectivity index (χ4v) is 6.67. The van der Waals surface area contributed by atoms with Gasteiger partial charge in [0.25, 0.3) is 0 Å². The summed E-state index contributed by atoms with van der Waals surface area (Å²) in [6, 6.07) is 10.1. The summed E-state index contributed by atoms with van der Waals surface area (Å²) < 4.78 is 13.7. The summed E-state index contributed by atoms with van der Waals surface area (Å²) >= 11 is 7.00. The number of carbonyl (C=O) groups excluding carboxylic acids is 2. The fraction of sp³-hybridized carbons (Fsp3) is 0.433. The number of aromatic amines is 1. The summed E-state index contributed by atoms with van der Waals surface area (Å²) in [6.45, 7) is 2.12. The maximum Gasteiger partial charge on any atom is 0.317 e. The van der Waals surface area contributed by atoms with Gasteiger partial charge in [-0.25, -0.2) is 0 Å². The predicted octanol–water partition coefficient (Wildman–Crippen LogP) is 5.96. The molecule has 0 spiro atoms. The number of nitrogens with one attached hydrogen (secondary N) is 1. The summed E-state index contributed by atoms with van der Waals surface area (Å²) in [7, 11) is 1.48. The van der Waals surface area contributed by atoms with Gasteiger partial charge in [-0.15, -0.1) is 4.91 Å². The van der Waals surface area contributed by atoms with Crippen molar-refractivity contribution in [2.24, 2.45) is 4.58 Å². The number of nitroso groups, excluding NO2 is 1. The molecule has 1 fully saturated rings. The van der Waals surface area contributed by atoms with E-state index in [-0.39, 0.29) is 31.9 Å². The van der Waals surface area contributed by atoms with Crippen molar-refractivity contribution in [3.63, 3.8) is 0 Å². The molecule has 1 heterocycles. The number of benzene rings is 2. The first-order valence-corrected chi connectivity index (χ1v) is 14.9. The molecule has 1 aromatic heterocycles. The molecule has 12 heteroatoms. The lowest BCUT2D eigenvalue weighted by molar-refractivity contribution is -0.143. The number of H-pyrrole nitrogens is 1. The first-order valence-electron chi connectivity index (χ1n) is 13.8. The molecule has 2 aromatic carbocycles. The Hall–Kier alpha value is -3.41. The van der Waals surface area contributed by atoms with Crippen LogP contribution in [0.2, 0.25) is 5.02 Å². The molecule has 3 aromatic rings. The zero-order valence-electron chi connectivity index (χ0n) is 23.6. The lowest BCUT2D eigenvalue weighted by atomic mass is 9.88. The predicted molar refractivity (Wildman–Crippen MR) is 162 cm³/mol. The van der Waals surface area contributed by atoms with Gasteiger partial charge < -0.3 is 19.6 Å². The zero-order chi connectivity index (χ0) is 30.3. The number of carboxylic acids is 1. The molecule has 0 atom stereocenters.